The van der Waals surface area contributed by atoms with Gasteiger partial charge in [-0.2, -0.15) is 0 Å². The predicted octanol–water partition coefficient (Wildman–Crippen LogP) is 2.44. The molecule has 2 atom stereocenters. The zero-order valence-electron chi connectivity index (χ0n) is 10.5. The van der Waals surface area contributed by atoms with Crippen LogP contribution in [0.25, 0.3) is 0 Å². The van der Waals surface area contributed by atoms with E-state index in [4.69, 9.17) is 0 Å². The van der Waals surface area contributed by atoms with E-state index in [1.165, 1.54) is 12.1 Å². The lowest BCUT2D eigenvalue weighted by Gasteiger charge is -2.18. The molecule has 2 aliphatic rings. The molecule has 2 unspecified atom stereocenters. The topological polar surface area (TPSA) is 74.7 Å². The molecule has 6 heteroatoms. The molecule has 0 aromatic heterocycles. The van der Waals surface area contributed by atoms with Crippen molar-refractivity contribution >= 4 is 39.4 Å². The number of fused-ring (bicyclic) bond motifs is 1. The summed E-state index contributed by atoms with van der Waals surface area (Å²) in [6, 6.07) is 4.55. The number of halogens is 1. The Balaban J connectivity index is 2.08. The van der Waals surface area contributed by atoms with E-state index in [-0.39, 0.29) is 34.9 Å². The van der Waals surface area contributed by atoms with Crippen LogP contribution in [0, 0.1) is 11.8 Å². The molecule has 1 saturated heterocycles. The van der Waals surface area contributed by atoms with E-state index < -0.39 is 5.97 Å². The number of nitrogens with zero attached hydrogens (tertiary/aromatic N) is 1. The van der Waals surface area contributed by atoms with Crippen LogP contribution < -0.4 is 4.90 Å². The standard InChI is InChI=1S/C14H12BrNO4/c15-7-4-5-11(10(6-7)14(19)20)16-12(17)8-2-1-3-9(8)13(16)18/h4-6,8-9H,1-3H2,(H,19,20). The summed E-state index contributed by atoms with van der Waals surface area (Å²) in [6.45, 7) is 0. The SMILES string of the molecule is O=C(O)c1cc(Br)ccc1N1C(=O)C2CCCC2C1=O. The maximum Gasteiger partial charge on any atom is 0.337 e. The van der Waals surface area contributed by atoms with Crippen molar-refractivity contribution in [1.82, 2.24) is 0 Å². The van der Waals surface area contributed by atoms with Gasteiger partial charge in [0.2, 0.25) is 11.8 Å². The summed E-state index contributed by atoms with van der Waals surface area (Å²) in [5.41, 5.74) is 0.131. The molecule has 1 N–H and O–H groups in total. The number of rotatable bonds is 2. The Bertz CT molecular complexity index is 606. The number of imide groups is 1. The highest BCUT2D eigenvalue weighted by atomic mass is 79.9. The molecule has 1 saturated carbocycles. The van der Waals surface area contributed by atoms with Gasteiger partial charge >= 0.3 is 5.97 Å². The average molecular weight is 338 g/mol. The third-order valence-electron chi connectivity index (χ3n) is 4.02. The van der Waals surface area contributed by atoms with E-state index in [2.05, 4.69) is 15.9 Å². The second-order valence-electron chi connectivity index (χ2n) is 5.12. The number of hydrogen-bond acceptors (Lipinski definition) is 3. The molecule has 1 aliphatic heterocycles. The first-order valence-electron chi connectivity index (χ1n) is 6.41. The highest BCUT2D eigenvalue weighted by molar-refractivity contribution is 9.10. The number of amides is 2. The number of carbonyl (C=O) groups excluding carboxylic acids is 2. The first-order chi connectivity index (χ1) is 9.50. The van der Waals surface area contributed by atoms with Crippen LogP contribution >= 0.6 is 15.9 Å². The Morgan fingerprint density at radius 3 is 2.35 bits per heavy atom. The fourth-order valence-electron chi connectivity index (χ4n) is 3.10. The van der Waals surface area contributed by atoms with Crippen molar-refractivity contribution in [3.8, 4) is 0 Å². The molecule has 1 aromatic carbocycles. The summed E-state index contributed by atoms with van der Waals surface area (Å²) in [5, 5.41) is 9.26. The summed E-state index contributed by atoms with van der Waals surface area (Å²) >= 11 is 3.20. The lowest BCUT2D eigenvalue weighted by atomic mass is 10.00. The second kappa shape index (κ2) is 4.70. The average Bonchev–Trinajstić information content (AvgIpc) is 2.96. The number of carboxylic acids is 1. The zero-order chi connectivity index (χ0) is 14.4. The Morgan fingerprint density at radius 1 is 1.20 bits per heavy atom. The summed E-state index contributed by atoms with van der Waals surface area (Å²) in [5.74, 6) is -2.22. The maximum atomic E-state index is 12.4. The highest BCUT2D eigenvalue weighted by Gasteiger charge is 2.50. The van der Waals surface area contributed by atoms with Crippen molar-refractivity contribution in [2.75, 3.05) is 4.90 Å². The van der Waals surface area contributed by atoms with Crippen molar-refractivity contribution in [1.29, 1.82) is 0 Å². The van der Waals surface area contributed by atoms with Crippen LogP contribution in [-0.2, 0) is 9.59 Å². The molecule has 2 amide bonds. The van der Waals surface area contributed by atoms with Gasteiger partial charge in [-0.1, -0.05) is 22.4 Å². The van der Waals surface area contributed by atoms with Crippen LogP contribution in [0.15, 0.2) is 22.7 Å². The third-order valence-corrected chi connectivity index (χ3v) is 4.51. The minimum absolute atomic E-state index is 0.0407. The summed E-state index contributed by atoms with van der Waals surface area (Å²) < 4.78 is 0.595. The van der Waals surface area contributed by atoms with Crippen LogP contribution in [-0.4, -0.2) is 22.9 Å². The normalized spacial score (nSPS) is 25.1. The maximum absolute atomic E-state index is 12.4. The monoisotopic (exact) mass is 337 g/mol. The van der Waals surface area contributed by atoms with Crippen molar-refractivity contribution in [2.45, 2.75) is 19.3 Å². The predicted molar refractivity (Wildman–Crippen MR) is 74.4 cm³/mol. The number of anilines is 1. The van der Waals surface area contributed by atoms with Crippen molar-refractivity contribution in [3.63, 3.8) is 0 Å². The largest absolute Gasteiger partial charge is 0.478 e. The molecule has 3 rings (SSSR count). The van der Waals surface area contributed by atoms with Crippen LogP contribution in [0.2, 0.25) is 0 Å². The number of carboxylic acid groups (broad SMARTS) is 1. The molecule has 1 aromatic rings. The number of benzene rings is 1. The Morgan fingerprint density at radius 2 is 1.80 bits per heavy atom. The molecule has 5 nitrogen and oxygen atoms in total. The van der Waals surface area contributed by atoms with Gasteiger partial charge in [-0.25, -0.2) is 9.69 Å². The molecule has 1 heterocycles. The van der Waals surface area contributed by atoms with Gasteiger partial charge in [0.15, 0.2) is 0 Å². The quantitative estimate of drug-likeness (QED) is 0.841. The Hall–Kier alpha value is -1.69. The van der Waals surface area contributed by atoms with Crippen molar-refractivity contribution < 1.29 is 19.5 Å². The van der Waals surface area contributed by atoms with E-state index in [0.717, 1.165) is 11.3 Å². The molecule has 0 bridgehead atoms. The van der Waals surface area contributed by atoms with Gasteiger partial charge in [0.05, 0.1) is 23.1 Å². The van der Waals surface area contributed by atoms with Crippen LogP contribution in [0.3, 0.4) is 0 Å². The summed E-state index contributed by atoms with van der Waals surface area (Å²) in [7, 11) is 0. The Kier molecular flexibility index (Phi) is 3.12. The van der Waals surface area contributed by atoms with Gasteiger partial charge in [0.1, 0.15) is 0 Å². The van der Waals surface area contributed by atoms with Crippen LogP contribution in [0.5, 0.6) is 0 Å². The fourth-order valence-corrected chi connectivity index (χ4v) is 3.46. The molecule has 2 fully saturated rings. The smallest absolute Gasteiger partial charge is 0.337 e. The van der Waals surface area contributed by atoms with Gasteiger partial charge < -0.3 is 5.11 Å². The number of hydrogen-bond donors (Lipinski definition) is 1. The van der Waals surface area contributed by atoms with E-state index in [0.29, 0.717) is 17.3 Å². The Labute approximate surface area is 123 Å². The highest BCUT2D eigenvalue weighted by Crippen LogP contribution is 2.42. The molecule has 104 valence electrons. The first kappa shape index (κ1) is 13.3. The zero-order valence-corrected chi connectivity index (χ0v) is 12.1. The van der Waals surface area contributed by atoms with Gasteiger partial charge in [-0.05, 0) is 31.0 Å². The lowest BCUT2D eigenvalue weighted by molar-refractivity contribution is -0.122. The van der Waals surface area contributed by atoms with Crippen LogP contribution in [0.1, 0.15) is 29.6 Å². The molecular weight excluding hydrogens is 326 g/mol. The van der Waals surface area contributed by atoms with E-state index in [9.17, 15) is 19.5 Å². The number of aromatic carboxylic acids is 1. The summed E-state index contributed by atoms with van der Waals surface area (Å²) in [4.78, 5) is 37.1. The molecular formula is C14H12BrNO4. The first-order valence-corrected chi connectivity index (χ1v) is 7.20. The van der Waals surface area contributed by atoms with Gasteiger partial charge in [0.25, 0.3) is 0 Å². The minimum atomic E-state index is -1.15. The molecule has 0 spiro atoms. The van der Waals surface area contributed by atoms with Gasteiger partial charge in [-0.3, -0.25) is 9.59 Å². The van der Waals surface area contributed by atoms with E-state index in [1.807, 2.05) is 0 Å². The fraction of sp³-hybridized carbons (Fsp3) is 0.357. The lowest BCUT2D eigenvalue weighted by Crippen LogP contribution is -2.33. The minimum Gasteiger partial charge on any atom is -0.478 e. The van der Waals surface area contributed by atoms with Crippen molar-refractivity contribution in [3.05, 3.63) is 28.2 Å². The van der Waals surface area contributed by atoms with Crippen molar-refractivity contribution in [2.24, 2.45) is 11.8 Å². The number of carbonyl (C=O) groups is 3. The summed E-state index contributed by atoms with van der Waals surface area (Å²) in [6.07, 6.45) is 2.31. The van der Waals surface area contributed by atoms with Gasteiger partial charge in [-0.15, -0.1) is 0 Å². The molecule has 20 heavy (non-hydrogen) atoms. The van der Waals surface area contributed by atoms with E-state index in [1.54, 1.807) is 6.07 Å². The van der Waals surface area contributed by atoms with E-state index >= 15 is 0 Å². The second-order valence-corrected chi connectivity index (χ2v) is 6.04. The third kappa shape index (κ3) is 1.86. The molecule has 0 radical (unpaired) electrons. The van der Waals surface area contributed by atoms with Crippen LogP contribution in [0.4, 0.5) is 5.69 Å². The molecule has 1 aliphatic carbocycles. The van der Waals surface area contributed by atoms with Gasteiger partial charge in [0, 0.05) is 4.47 Å².